The van der Waals surface area contributed by atoms with Gasteiger partial charge in [-0.05, 0) is 42.0 Å². The first-order chi connectivity index (χ1) is 15.7. The van der Waals surface area contributed by atoms with Crippen molar-refractivity contribution in [2.75, 3.05) is 13.1 Å². The summed E-state index contributed by atoms with van der Waals surface area (Å²) in [6, 6.07) is 39.6. The zero-order valence-corrected chi connectivity index (χ0v) is 20.4. The van der Waals surface area contributed by atoms with E-state index in [4.69, 9.17) is 0 Å². The van der Waals surface area contributed by atoms with Crippen molar-refractivity contribution in [1.82, 2.24) is 4.67 Å². The Morgan fingerprint density at radius 1 is 0.625 bits per heavy atom. The maximum absolute atomic E-state index is 15.1. The van der Waals surface area contributed by atoms with Crippen molar-refractivity contribution in [2.24, 2.45) is 0 Å². The van der Waals surface area contributed by atoms with Crippen molar-refractivity contribution in [3.63, 3.8) is 0 Å². The van der Waals surface area contributed by atoms with E-state index in [0.717, 1.165) is 23.7 Å². The van der Waals surface area contributed by atoms with E-state index in [1.54, 1.807) is 0 Å². The first-order valence-electron chi connectivity index (χ1n) is 11.1. The van der Waals surface area contributed by atoms with Gasteiger partial charge in [-0.3, -0.25) is 4.57 Å². The lowest BCUT2D eigenvalue weighted by molar-refractivity contribution is 0.458. The molecule has 0 aromatic heterocycles. The summed E-state index contributed by atoms with van der Waals surface area (Å²) in [6.45, 7) is 5.65. The summed E-state index contributed by atoms with van der Waals surface area (Å²) in [5.74, 6) is 0. The van der Waals surface area contributed by atoms with E-state index in [9.17, 15) is 0 Å². The molecular weight excluding hydrogens is 428 g/mol. The first-order valence-corrected chi connectivity index (χ1v) is 14.1. The van der Waals surface area contributed by atoms with Crippen LogP contribution in [-0.2, 0) is 4.57 Å². The molecule has 0 aliphatic heterocycles. The largest absolute Gasteiger partial charge is 0.296 e. The summed E-state index contributed by atoms with van der Waals surface area (Å²) in [5.41, 5.74) is 0. The van der Waals surface area contributed by atoms with Gasteiger partial charge in [0, 0.05) is 23.7 Å². The van der Waals surface area contributed by atoms with Gasteiger partial charge in [-0.25, -0.2) is 4.67 Å². The minimum Gasteiger partial charge on any atom is -0.296 e. The van der Waals surface area contributed by atoms with Crippen molar-refractivity contribution >= 4 is 41.7 Å². The molecule has 2 nitrogen and oxygen atoms in total. The lowest BCUT2D eigenvalue weighted by atomic mass is 10.3. The van der Waals surface area contributed by atoms with E-state index < -0.39 is 15.2 Å². The topological polar surface area (TPSA) is 20.3 Å². The highest BCUT2D eigenvalue weighted by Gasteiger charge is 2.36. The third kappa shape index (κ3) is 4.37. The highest BCUT2D eigenvalue weighted by atomic mass is 31.2. The molecule has 0 heterocycles. The monoisotopic (exact) mass is 457 g/mol. The summed E-state index contributed by atoms with van der Waals surface area (Å²) in [5, 5.41) is 5.54. The molecule has 0 amide bonds. The molecule has 1 unspecified atom stereocenters. The maximum atomic E-state index is 15.1. The first kappa shape index (κ1) is 22.7. The molecule has 0 spiro atoms. The van der Waals surface area contributed by atoms with Gasteiger partial charge in [0.1, 0.15) is 0 Å². The van der Waals surface area contributed by atoms with Crippen LogP contribution in [-0.4, -0.2) is 17.8 Å². The third-order valence-electron chi connectivity index (χ3n) is 5.71. The average Bonchev–Trinajstić information content (AvgIpc) is 2.87. The van der Waals surface area contributed by atoms with Crippen LogP contribution in [0.1, 0.15) is 13.8 Å². The van der Waals surface area contributed by atoms with Gasteiger partial charge in [0.2, 0.25) is 7.29 Å². The quantitative estimate of drug-likeness (QED) is 0.347. The van der Waals surface area contributed by atoms with E-state index in [1.807, 2.05) is 36.4 Å². The average molecular weight is 457 g/mol. The molecule has 0 N–H and O–H groups in total. The van der Waals surface area contributed by atoms with E-state index in [1.165, 1.54) is 15.9 Å². The smallest absolute Gasteiger partial charge is 0.207 e. The molecule has 0 aliphatic carbocycles. The highest BCUT2D eigenvalue weighted by Crippen LogP contribution is 2.48. The number of hydrogen-bond acceptors (Lipinski definition) is 1. The second-order valence-electron chi connectivity index (χ2n) is 7.55. The molecule has 0 saturated carbocycles. The number of rotatable bonds is 8. The molecule has 4 aromatic rings. The zero-order valence-electron chi connectivity index (χ0n) is 18.6. The predicted molar refractivity (Wildman–Crippen MR) is 141 cm³/mol. The number of benzene rings is 4. The van der Waals surface area contributed by atoms with Gasteiger partial charge in [0.15, 0.2) is 0 Å². The van der Waals surface area contributed by atoms with Gasteiger partial charge < -0.3 is 0 Å². The Morgan fingerprint density at radius 3 is 1.56 bits per heavy atom. The molecule has 4 aromatic carbocycles. The van der Waals surface area contributed by atoms with Gasteiger partial charge in [-0.1, -0.05) is 111 Å². The molecule has 0 aliphatic rings. The van der Waals surface area contributed by atoms with Crippen LogP contribution in [0.15, 0.2) is 115 Å². The summed E-state index contributed by atoms with van der Waals surface area (Å²) in [7, 11) is -3.87. The summed E-state index contributed by atoms with van der Waals surface area (Å²) in [6.07, 6.45) is 0. The van der Waals surface area contributed by atoms with Crippen LogP contribution in [0, 0.1) is 0 Å². The molecule has 1 atom stereocenters. The second kappa shape index (κ2) is 10.4. The lowest BCUT2D eigenvalue weighted by Crippen LogP contribution is -2.39. The number of nitrogens with zero attached hydrogens (tertiary/aromatic N) is 1. The van der Waals surface area contributed by atoms with Crippen LogP contribution >= 0.6 is 15.2 Å². The van der Waals surface area contributed by atoms with Gasteiger partial charge in [-0.15, -0.1) is 0 Å². The highest BCUT2D eigenvalue weighted by molar-refractivity contribution is 7.84. The van der Waals surface area contributed by atoms with E-state index in [0.29, 0.717) is 0 Å². The Kier molecular flexibility index (Phi) is 7.38. The van der Waals surface area contributed by atoms with Crippen molar-refractivity contribution in [2.45, 2.75) is 13.8 Å². The molecular formula is C28H29NOP2. The molecule has 0 fully saturated rings. The summed E-state index contributed by atoms with van der Waals surface area (Å²) < 4.78 is 17.2. The Hall–Kier alpha value is -2.50. The van der Waals surface area contributed by atoms with E-state index in [-0.39, 0.29) is 0 Å². The van der Waals surface area contributed by atoms with Crippen molar-refractivity contribution in [3.8, 4) is 0 Å². The van der Waals surface area contributed by atoms with Gasteiger partial charge in [-0.2, -0.15) is 0 Å². The standard InChI is InChI=1S/C28H29NOP2/c1-3-29(4-2)32(30,26-20-12-7-13-21-26)28-23-15-14-22-27(28)31(24-16-8-5-9-17-24)25-18-10-6-11-19-25/h5-23H,3-4H2,1-2H3. The van der Waals surface area contributed by atoms with Gasteiger partial charge >= 0.3 is 0 Å². The fraction of sp³-hybridized carbons (Fsp3) is 0.143. The Balaban J connectivity index is 2.00. The van der Waals surface area contributed by atoms with Crippen molar-refractivity contribution < 1.29 is 4.57 Å². The SMILES string of the molecule is CCN(CC)P(=O)(c1ccccc1)c1ccccc1P(c1ccccc1)c1ccccc1. The van der Waals surface area contributed by atoms with Crippen LogP contribution in [0.25, 0.3) is 0 Å². The summed E-state index contributed by atoms with van der Waals surface area (Å²) in [4.78, 5) is 0. The minimum absolute atomic E-state index is 0.728. The Morgan fingerprint density at radius 2 is 1.06 bits per heavy atom. The molecule has 4 rings (SSSR count). The van der Waals surface area contributed by atoms with Crippen molar-refractivity contribution in [1.29, 1.82) is 0 Å². The lowest BCUT2D eigenvalue weighted by Gasteiger charge is -2.33. The van der Waals surface area contributed by atoms with Crippen LogP contribution in [0.4, 0.5) is 0 Å². The van der Waals surface area contributed by atoms with Crippen LogP contribution < -0.4 is 26.5 Å². The fourth-order valence-electron chi connectivity index (χ4n) is 4.20. The molecule has 0 saturated heterocycles. The van der Waals surface area contributed by atoms with Crippen LogP contribution in [0.3, 0.4) is 0 Å². The maximum Gasteiger partial charge on any atom is 0.207 e. The molecule has 0 bridgehead atoms. The minimum atomic E-state index is -3.02. The van der Waals surface area contributed by atoms with Gasteiger partial charge in [0.05, 0.1) is 0 Å². The van der Waals surface area contributed by atoms with E-state index >= 15 is 4.57 Å². The normalized spacial score (nSPS) is 13.2. The zero-order chi connectivity index (χ0) is 22.4. The molecule has 32 heavy (non-hydrogen) atoms. The van der Waals surface area contributed by atoms with Crippen molar-refractivity contribution in [3.05, 3.63) is 115 Å². The van der Waals surface area contributed by atoms with E-state index in [2.05, 4.69) is 97.4 Å². The predicted octanol–water partition coefficient (Wildman–Crippen LogP) is 5.02. The van der Waals surface area contributed by atoms with Crippen LogP contribution in [0.2, 0.25) is 0 Å². The number of hydrogen-bond donors (Lipinski definition) is 0. The molecule has 0 radical (unpaired) electrons. The molecule has 162 valence electrons. The Labute approximate surface area is 193 Å². The molecule has 4 heteroatoms. The summed E-state index contributed by atoms with van der Waals surface area (Å²) >= 11 is 0. The van der Waals surface area contributed by atoms with Gasteiger partial charge in [0.25, 0.3) is 0 Å². The second-order valence-corrected chi connectivity index (χ2v) is 12.4. The fourth-order valence-corrected chi connectivity index (χ4v) is 10.2. The third-order valence-corrected chi connectivity index (χ3v) is 11.8. The Bertz CT molecular complexity index is 1140. The van der Waals surface area contributed by atoms with Crippen LogP contribution in [0.5, 0.6) is 0 Å².